The fourth-order valence-electron chi connectivity index (χ4n) is 1.79. The third-order valence-electron chi connectivity index (χ3n) is 2.79. The molecule has 0 saturated heterocycles. The number of carbonyl (C=O) groups excluding carboxylic acids is 1. The lowest BCUT2D eigenvalue weighted by Crippen LogP contribution is -2.15. The van der Waals surface area contributed by atoms with Gasteiger partial charge < -0.3 is 5.32 Å². The minimum atomic E-state index is -0.507. The van der Waals surface area contributed by atoms with Crippen LogP contribution in [0.2, 0.25) is 0 Å². The summed E-state index contributed by atoms with van der Waals surface area (Å²) in [5.74, 6) is -0.298. The average molecular weight is 353 g/mol. The molecule has 1 amide bonds. The summed E-state index contributed by atoms with van der Waals surface area (Å²) < 4.78 is 2.45. The van der Waals surface area contributed by atoms with Gasteiger partial charge in [0.05, 0.1) is 15.6 Å². The normalized spacial score (nSPS) is 10.4. The smallest absolute Gasteiger partial charge is 0.293 e. The van der Waals surface area contributed by atoms with Gasteiger partial charge in [-0.05, 0) is 34.5 Å². The number of hydrogen-bond donors (Lipinski definition) is 1. The number of nitrogens with zero attached hydrogens (tertiary/aromatic N) is 3. The van der Waals surface area contributed by atoms with E-state index in [9.17, 15) is 14.9 Å². The second kappa shape index (κ2) is 6.49. The van der Waals surface area contributed by atoms with Gasteiger partial charge in [0.25, 0.3) is 5.69 Å². The van der Waals surface area contributed by atoms with Crippen LogP contribution in [0.3, 0.4) is 0 Å². The van der Waals surface area contributed by atoms with E-state index in [1.54, 1.807) is 30.1 Å². The third-order valence-corrected chi connectivity index (χ3v) is 3.20. The summed E-state index contributed by atoms with van der Waals surface area (Å²) in [7, 11) is 0. The van der Waals surface area contributed by atoms with E-state index in [0.29, 0.717) is 6.54 Å². The Hall–Kier alpha value is -2.22. The van der Waals surface area contributed by atoms with Gasteiger partial charge in [0.2, 0.25) is 5.91 Å². The van der Waals surface area contributed by atoms with Gasteiger partial charge >= 0.3 is 0 Å². The Morgan fingerprint density at radius 3 is 2.90 bits per heavy atom. The van der Waals surface area contributed by atoms with Crippen molar-refractivity contribution in [3.63, 3.8) is 0 Å². The predicted molar refractivity (Wildman–Crippen MR) is 81.0 cm³/mol. The van der Waals surface area contributed by atoms with Crippen LogP contribution in [0.1, 0.15) is 12.0 Å². The zero-order chi connectivity index (χ0) is 15.4. The monoisotopic (exact) mass is 352 g/mol. The number of nitrogens with one attached hydrogen (secondary N) is 1. The molecular formula is C13H13BrN4O3. The Labute approximate surface area is 129 Å². The highest BCUT2D eigenvalue weighted by atomic mass is 79.9. The van der Waals surface area contributed by atoms with Crippen molar-refractivity contribution < 1.29 is 9.72 Å². The van der Waals surface area contributed by atoms with Gasteiger partial charge in [-0.15, -0.1) is 0 Å². The lowest BCUT2D eigenvalue weighted by Gasteiger charge is -2.07. The number of nitro benzene ring substituents is 1. The molecule has 0 bridgehead atoms. The summed E-state index contributed by atoms with van der Waals surface area (Å²) >= 11 is 3.27. The van der Waals surface area contributed by atoms with Gasteiger partial charge in [-0.3, -0.25) is 19.6 Å². The highest BCUT2D eigenvalue weighted by Crippen LogP contribution is 2.25. The molecule has 0 saturated carbocycles. The van der Waals surface area contributed by atoms with Gasteiger partial charge in [0.1, 0.15) is 5.69 Å². The van der Waals surface area contributed by atoms with Crippen LogP contribution in [0.15, 0.2) is 35.1 Å². The molecule has 0 aliphatic carbocycles. The number of nitro groups is 1. The van der Waals surface area contributed by atoms with E-state index in [1.807, 2.05) is 0 Å². The Bertz CT molecular complexity index is 684. The summed E-state index contributed by atoms with van der Waals surface area (Å²) in [5.41, 5.74) is 0.864. The molecule has 0 aliphatic rings. The van der Waals surface area contributed by atoms with Crippen molar-refractivity contribution in [3.05, 3.63) is 50.7 Å². The van der Waals surface area contributed by atoms with Gasteiger partial charge in [0, 0.05) is 25.2 Å². The van der Waals surface area contributed by atoms with Crippen molar-refractivity contribution in [1.29, 1.82) is 0 Å². The van der Waals surface area contributed by atoms with E-state index in [-0.39, 0.29) is 23.7 Å². The molecule has 0 atom stereocenters. The quantitative estimate of drug-likeness (QED) is 0.661. The number of halogens is 1. The Morgan fingerprint density at radius 2 is 2.29 bits per heavy atom. The molecule has 1 aromatic carbocycles. The molecular weight excluding hydrogens is 340 g/mol. The molecule has 0 spiro atoms. The van der Waals surface area contributed by atoms with Crippen LogP contribution in [-0.2, 0) is 11.3 Å². The van der Waals surface area contributed by atoms with Gasteiger partial charge in [0.15, 0.2) is 0 Å². The molecule has 0 radical (unpaired) electrons. The van der Waals surface area contributed by atoms with Crippen LogP contribution in [0.4, 0.5) is 11.4 Å². The van der Waals surface area contributed by atoms with E-state index in [1.165, 1.54) is 12.1 Å². The highest BCUT2D eigenvalue weighted by molar-refractivity contribution is 9.10. The van der Waals surface area contributed by atoms with E-state index in [2.05, 4.69) is 26.3 Å². The molecule has 0 fully saturated rings. The second-order valence-corrected chi connectivity index (χ2v) is 5.41. The molecule has 2 rings (SSSR count). The second-order valence-electron chi connectivity index (χ2n) is 4.50. The molecule has 110 valence electrons. The zero-order valence-corrected chi connectivity index (χ0v) is 12.8. The molecule has 1 heterocycles. The SMILES string of the molecule is Cc1ccc(NC(=O)CCn2cc(Br)cn2)c([N+](=O)[O-])c1. The fourth-order valence-corrected chi connectivity index (χ4v) is 2.12. The molecule has 0 aliphatic heterocycles. The molecule has 1 N–H and O–H groups in total. The Kier molecular flexibility index (Phi) is 4.69. The maximum atomic E-state index is 11.9. The average Bonchev–Trinajstić information content (AvgIpc) is 2.84. The van der Waals surface area contributed by atoms with E-state index in [0.717, 1.165) is 10.0 Å². The van der Waals surface area contributed by atoms with Crippen LogP contribution in [0.5, 0.6) is 0 Å². The van der Waals surface area contributed by atoms with Crippen LogP contribution >= 0.6 is 15.9 Å². The number of aryl methyl sites for hydroxylation is 2. The number of carbonyl (C=O) groups is 1. The minimum absolute atomic E-state index is 0.106. The zero-order valence-electron chi connectivity index (χ0n) is 11.2. The first-order valence-corrected chi connectivity index (χ1v) is 6.98. The first kappa shape index (κ1) is 15.2. The van der Waals surface area contributed by atoms with Crippen LogP contribution < -0.4 is 5.32 Å². The Balaban J connectivity index is 2.01. The summed E-state index contributed by atoms with van der Waals surface area (Å²) in [6.45, 7) is 2.16. The minimum Gasteiger partial charge on any atom is -0.320 e. The molecule has 7 nitrogen and oxygen atoms in total. The van der Waals surface area contributed by atoms with E-state index in [4.69, 9.17) is 0 Å². The summed E-state index contributed by atoms with van der Waals surface area (Å²) in [4.78, 5) is 22.3. The summed E-state index contributed by atoms with van der Waals surface area (Å²) in [6, 6.07) is 4.68. The predicted octanol–water partition coefficient (Wildman–Crippen LogP) is 2.89. The highest BCUT2D eigenvalue weighted by Gasteiger charge is 2.15. The summed E-state index contributed by atoms with van der Waals surface area (Å²) in [6.07, 6.45) is 3.56. The largest absolute Gasteiger partial charge is 0.320 e. The van der Waals surface area contributed by atoms with Gasteiger partial charge in [-0.2, -0.15) is 5.10 Å². The number of hydrogen-bond acceptors (Lipinski definition) is 4. The lowest BCUT2D eigenvalue weighted by molar-refractivity contribution is -0.384. The fraction of sp³-hybridized carbons (Fsp3) is 0.231. The van der Waals surface area contributed by atoms with E-state index < -0.39 is 4.92 Å². The number of aromatic nitrogens is 2. The molecule has 8 heteroatoms. The lowest BCUT2D eigenvalue weighted by atomic mass is 10.2. The van der Waals surface area contributed by atoms with Crippen molar-refractivity contribution in [1.82, 2.24) is 9.78 Å². The van der Waals surface area contributed by atoms with Crippen LogP contribution in [0, 0.1) is 17.0 Å². The first-order valence-electron chi connectivity index (χ1n) is 6.18. The van der Waals surface area contributed by atoms with Gasteiger partial charge in [-0.1, -0.05) is 6.07 Å². The van der Waals surface area contributed by atoms with Crippen LogP contribution in [-0.4, -0.2) is 20.6 Å². The van der Waals surface area contributed by atoms with Crippen molar-refractivity contribution >= 4 is 33.2 Å². The van der Waals surface area contributed by atoms with Crippen molar-refractivity contribution in [2.24, 2.45) is 0 Å². The number of anilines is 1. The van der Waals surface area contributed by atoms with E-state index >= 15 is 0 Å². The maximum absolute atomic E-state index is 11.9. The number of benzene rings is 1. The topological polar surface area (TPSA) is 90.1 Å². The molecule has 21 heavy (non-hydrogen) atoms. The summed E-state index contributed by atoms with van der Waals surface area (Å²) in [5, 5.41) is 17.6. The van der Waals surface area contributed by atoms with Crippen molar-refractivity contribution in [3.8, 4) is 0 Å². The van der Waals surface area contributed by atoms with Crippen molar-refractivity contribution in [2.75, 3.05) is 5.32 Å². The molecule has 1 aromatic heterocycles. The van der Waals surface area contributed by atoms with Crippen molar-refractivity contribution in [2.45, 2.75) is 19.9 Å². The third kappa shape index (κ3) is 4.12. The molecule has 0 unspecified atom stereocenters. The van der Waals surface area contributed by atoms with Gasteiger partial charge in [-0.25, -0.2) is 0 Å². The number of rotatable bonds is 5. The first-order chi connectivity index (χ1) is 9.95. The number of amides is 1. The Morgan fingerprint density at radius 1 is 1.52 bits per heavy atom. The maximum Gasteiger partial charge on any atom is 0.293 e. The standard InChI is InChI=1S/C13H13BrN4O3/c1-9-2-3-11(12(6-9)18(20)21)16-13(19)4-5-17-8-10(14)7-15-17/h2-3,6-8H,4-5H2,1H3,(H,16,19). The van der Waals surface area contributed by atoms with Crippen LogP contribution in [0.25, 0.3) is 0 Å². The molecule has 2 aromatic rings.